The first-order valence-corrected chi connectivity index (χ1v) is 6.45. The predicted molar refractivity (Wildman–Crippen MR) is 73.7 cm³/mol. The van der Waals surface area contributed by atoms with Gasteiger partial charge in [0.2, 0.25) is 0 Å². The van der Waals surface area contributed by atoms with Crippen molar-refractivity contribution in [2.24, 2.45) is 0 Å². The lowest BCUT2D eigenvalue weighted by Crippen LogP contribution is -2.22. The van der Waals surface area contributed by atoms with E-state index in [1.54, 1.807) is 4.68 Å². The number of hydrogen-bond donors (Lipinski definition) is 1. The van der Waals surface area contributed by atoms with Crippen molar-refractivity contribution in [1.29, 1.82) is 0 Å². The van der Waals surface area contributed by atoms with E-state index in [9.17, 15) is 0 Å². The molecular weight excluding hydrogens is 266 g/mol. The van der Waals surface area contributed by atoms with Crippen LogP contribution in [0.2, 0.25) is 5.02 Å². The topological polar surface area (TPSA) is 64.9 Å². The van der Waals surface area contributed by atoms with Gasteiger partial charge in [0.15, 0.2) is 0 Å². The molecule has 0 spiro atoms. The Hall–Kier alpha value is -1.66. The molecule has 1 aromatic carbocycles. The second kappa shape index (κ2) is 6.49. The van der Waals surface area contributed by atoms with E-state index < -0.39 is 0 Å². The molecule has 1 atom stereocenters. The summed E-state index contributed by atoms with van der Waals surface area (Å²) in [5.74, 6) is 0. The maximum atomic E-state index is 6.17. The number of hydrogen-bond acceptors (Lipinski definition) is 5. The number of aromatic nitrogens is 4. The molecule has 6 nitrogen and oxygen atoms in total. The Morgan fingerprint density at radius 1 is 1.47 bits per heavy atom. The maximum Gasteiger partial charge on any atom is 0.143 e. The Kier molecular flexibility index (Phi) is 4.70. The molecule has 7 heteroatoms. The van der Waals surface area contributed by atoms with E-state index >= 15 is 0 Å². The fraction of sp³-hybridized carbons (Fsp3) is 0.417. The average molecular weight is 282 g/mol. The van der Waals surface area contributed by atoms with Gasteiger partial charge < -0.3 is 10.1 Å². The van der Waals surface area contributed by atoms with Gasteiger partial charge in [-0.15, -0.1) is 5.10 Å². The average Bonchev–Trinajstić information content (AvgIpc) is 2.93. The lowest BCUT2D eigenvalue weighted by molar-refractivity contribution is 0.141. The quantitative estimate of drug-likeness (QED) is 0.879. The molecule has 1 aromatic heterocycles. The zero-order valence-corrected chi connectivity index (χ0v) is 11.6. The van der Waals surface area contributed by atoms with Crippen LogP contribution in [0.15, 0.2) is 24.5 Å². The summed E-state index contributed by atoms with van der Waals surface area (Å²) in [7, 11) is 0. The van der Waals surface area contributed by atoms with Crippen LogP contribution in [0, 0.1) is 0 Å². The molecule has 102 valence electrons. The van der Waals surface area contributed by atoms with E-state index in [1.165, 1.54) is 6.33 Å². The van der Waals surface area contributed by atoms with E-state index in [4.69, 9.17) is 16.3 Å². The minimum absolute atomic E-state index is 0.168. The van der Waals surface area contributed by atoms with E-state index in [-0.39, 0.29) is 6.04 Å². The molecule has 0 saturated heterocycles. The van der Waals surface area contributed by atoms with Gasteiger partial charge in [0.1, 0.15) is 6.33 Å². The van der Waals surface area contributed by atoms with E-state index in [0.717, 1.165) is 11.4 Å². The Balaban J connectivity index is 2.13. The summed E-state index contributed by atoms with van der Waals surface area (Å²) in [5.41, 5.74) is 1.68. The van der Waals surface area contributed by atoms with Crippen LogP contribution in [0.3, 0.4) is 0 Å². The zero-order chi connectivity index (χ0) is 13.7. The number of halogens is 1. The van der Waals surface area contributed by atoms with Crippen molar-refractivity contribution in [2.45, 2.75) is 19.9 Å². The largest absolute Gasteiger partial charge is 0.380 e. The minimum atomic E-state index is 0.168. The molecule has 1 N–H and O–H groups in total. The SMILES string of the molecule is CCOCC(C)Nc1cc(-n2cnnn2)ccc1Cl. The second-order valence-corrected chi connectivity index (χ2v) is 4.53. The standard InChI is InChI=1S/C12H16ClN5O/c1-3-19-7-9(2)15-12-6-10(4-5-11(12)13)18-8-14-16-17-18/h4-6,8-9,15H,3,7H2,1-2H3. The third kappa shape index (κ3) is 3.65. The van der Waals surface area contributed by atoms with Crippen LogP contribution in [0.1, 0.15) is 13.8 Å². The summed E-state index contributed by atoms with van der Waals surface area (Å²) in [5, 5.41) is 15.0. The summed E-state index contributed by atoms with van der Waals surface area (Å²) < 4.78 is 6.94. The summed E-state index contributed by atoms with van der Waals surface area (Å²) in [6, 6.07) is 5.74. The smallest absolute Gasteiger partial charge is 0.143 e. The first kappa shape index (κ1) is 13.8. The van der Waals surface area contributed by atoms with Gasteiger partial charge in [0, 0.05) is 12.6 Å². The third-order valence-electron chi connectivity index (χ3n) is 2.54. The highest BCUT2D eigenvalue weighted by Gasteiger charge is 2.08. The lowest BCUT2D eigenvalue weighted by Gasteiger charge is -2.16. The highest BCUT2D eigenvalue weighted by Crippen LogP contribution is 2.25. The van der Waals surface area contributed by atoms with Gasteiger partial charge in [-0.05, 0) is 42.5 Å². The van der Waals surface area contributed by atoms with Crippen LogP contribution in [0.4, 0.5) is 5.69 Å². The van der Waals surface area contributed by atoms with Gasteiger partial charge in [-0.3, -0.25) is 0 Å². The fourth-order valence-electron chi connectivity index (χ4n) is 1.65. The molecule has 0 aliphatic heterocycles. The van der Waals surface area contributed by atoms with Crippen LogP contribution in [-0.2, 0) is 4.74 Å². The molecule has 0 saturated carbocycles. The molecule has 1 unspecified atom stereocenters. The molecule has 2 rings (SSSR count). The molecule has 0 fully saturated rings. The highest BCUT2D eigenvalue weighted by atomic mass is 35.5. The van der Waals surface area contributed by atoms with Crippen LogP contribution in [-0.4, -0.2) is 39.5 Å². The summed E-state index contributed by atoms with van der Waals surface area (Å²) in [6.07, 6.45) is 1.54. The Morgan fingerprint density at radius 3 is 3.00 bits per heavy atom. The normalized spacial score (nSPS) is 12.4. The minimum Gasteiger partial charge on any atom is -0.380 e. The zero-order valence-electron chi connectivity index (χ0n) is 10.9. The molecule has 0 amide bonds. The van der Waals surface area contributed by atoms with Gasteiger partial charge in [0.05, 0.1) is 23.0 Å². The molecule has 1 heterocycles. The van der Waals surface area contributed by atoms with Crippen LogP contribution in [0.5, 0.6) is 0 Å². The molecule has 2 aromatic rings. The Labute approximate surface area is 116 Å². The molecular formula is C12H16ClN5O. The number of benzene rings is 1. The number of rotatable bonds is 6. The number of tetrazole rings is 1. The van der Waals surface area contributed by atoms with Gasteiger partial charge in [-0.1, -0.05) is 11.6 Å². The van der Waals surface area contributed by atoms with Crippen molar-refractivity contribution in [2.75, 3.05) is 18.5 Å². The van der Waals surface area contributed by atoms with Crippen molar-refractivity contribution in [3.05, 3.63) is 29.5 Å². The van der Waals surface area contributed by atoms with E-state index in [1.807, 2.05) is 32.0 Å². The molecule has 0 aliphatic rings. The molecule has 0 bridgehead atoms. The summed E-state index contributed by atoms with van der Waals surface area (Å²) in [4.78, 5) is 0. The highest BCUT2D eigenvalue weighted by molar-refractivity contribution is 6.33. The van der Waals surface area contributed by atoms with E-state index in [2.05, 4.69) is 20.8 Å². The molecule has 0 aliphatic carbocycles. The van der Waals surface area contributed by atoms with Gasteiger partial charge in [-0.25, -0.2) is 4.68 Å². The van der Waals surface area contributed by atoms with Crippen LogP contribution >= 0.6 is 11.6 Å². The second-order valence-electron chi connectivity index (χ2n) is 4.12. The predicted octanol–water partition coefficient (Wildman–Crippen LogP) is 2.15. The van der Waals surface area contributed by atoms with Crippen molar-refractivity contribution in [3.63, 3.8) is 0 Å². The monoisotopic (exact) mass is 281 g/mol. The molecule has 0 radical (unpaired) electrons. The van der Waals surface area contributed by atoms with Gasteiger partial charge in [-0.2, -0.15) is 0 Å². The number of nitrogens with one attached hydrogen (secondary N) is 1. The lowest BCUT2D eigenvalue weighted by atomic mass is 10.2. The Bertz CT molecular complexity index is 517. The van der Waals surface area contributed by atoms with Crippen molar-refractivity contribution in [1.82, 2.24) is 20.2 Å². The Morgan fingerprint density at radius 2 is 2.32 bits per heavy atom. The number of ether oxygens (including phenoxy) is 1. The van der Waals surface area contributed by atoms with Gasteiger partial charge in [0.25, 0.3) is 0 Å². The van der Waals surface area contributed by atoms with Crippen molar-refractivity contribution in [3.8, 4) is 5.69 Å². The van der Waals surface area contributed by atoms with Crippen LogP contribution in [0.25, 0.3) is 5.69 Å². The van der Waals surface area contributed by atoms with Crippen molar-refractivity contribution >= 4 is 17.3 Å². The number of anilines is 1. The summed E-state index contributed by atoms with van der Waals surface area (Å²) >= 11 is 6.17. The van der Waals surface area contributed by atoms with Gasteiger partial charge >= 0.3 is 0 Å². The molecule has 19 heavy (non-hydrogen) atoms. The fourth-order valence-corrected chi connectivity index (χ4v) is 1.82. The number of nitrogens with zero attached hydrogens (tertiary/aromatic N) is 4. The first-order chi connectivity index (χ1) is 9.20. The van der Waals surface area contributed by atoms with E-state index in [0.29, 0.717) is 18.2 Å². The first-order valence-electron chi connectivity index (χ1n) is 6.08. The third-order valence-corrected chi connectivity index (χ3v) is 2.87. The van der Waals surface area contributed by atoms with Crippen molar-refractivity contribution < 1.29 is 4.74 Å². The maximum absolute atomic E-state index is 6.17. The summed E-state index contributed by atoms with van der Waals surface area (Å²) in [6.45, 7) is 5.33. The van der Waals surface area contributed by atoms with Crippen LogP contribution < -0.4 is 5.32 Å².